The lowest BCUT2D eigenvalue weighted by atomic mass is 10.1. The number of halogens is 3. The molecule has 5 heteroatoms. The first kappa shape index (κ1) is 11.7. The van der Waals surface area contributed by atoms with Crippen LogP contribution in [0.5, 0.6) is 0 Å². The topological polar surface area (TPSA) is 22.0 Å². The van der Waals surface area contributed by atoms with Gasteiger partial charge in [-0.05, 0) is 18.2 Å². The number of aromatic nitrogens is 1. The number of alkyl halides is 3. The Morgan fingerprint density at radius 1 is 1.29 bits per heavy atom. The molecule has 0 atom stereocenters. The van der Waals surface area contributed by atoms with E-state index in [0.29, 0.717) is 5.52 Å². The van der Waals surface area contributed by atoms with Crippen molar-refractivity contribution in [3.8, 4) is 0 Å². The zero-order chi connectivity index (χ0) is 12.8. The Labute approximate surface area is 95.7 Å². The van der Waals surface area contributed by atoms with Crippen LogP contribution in [-0.4, -0.2) is 10.4 Å². The Morgan fingerprint density at radius 3 is 2.47 bits per heavy atom. The van der Waals surface area contributed by atoms with E-state index in [1.54, 1.807) is 13.1 Å². The maximum Gasteiger partial charge on any atom is 0.417 e. The van der Waals surface area contributed by atoms with Crippen molar-refractivity contribution in [2.45, 2.75) is 13.1 Å². The van der Waals surface area contributed by atoms with Crippen molar-refractivity contribution in [1.29, 1.82) is 0 Å². The SMILES string of the molecule is CC(=O)c1cc2c(C(F)(F)F)cccc2n1C. The molecule has 90 valence electrons. The van der Waals surface area contributed by atoms with Gasteiger partial charge in [0.1, 0.15) is 0 Å². The molecule has 0 aliphatic heterocycles. The van der Waals surface area contributed by atoms with Crippen LogP contribution in [0.1, 0.15) is 23.0 Å². The van der Waals surface area contributed by atoms with Crippen LogP contribution in [0, 0.1) is 0 Å². The van der Waals surface area contributed by atoms with Gasteiger partial charge in [0.15, 0.2) is 5.78 Å². The molecular formula is C12H10F3NO. The number of nitrogens with zero attached hydrogens (tertiary/aromatic N) is 1. The number of benzene rings is 1. The number of hydrogen-bond donors (Lipinski definition) is 0. The van der Waals surface area contributed by atoms with Crippen molar-refractivity contribution >= 4 is 16.7 Å². The summed E-state index contributed by atoms with van der Waals surface area (Å²) in [5, 5.41) is 0.0627. The quantitative estimate of drug-likeness (QED) is 0.701. The van der Waals surface area contributed by atoms with Gasteiger partial charge >= 0.3 is 6.18 Å². The Hall–Kier alpha value is -1.78. The summed E-state index contributed by atoms with van der Waals surface area (Å²) in [5.74, 6) is -0.253. The van der Waals surface area contributed by atoms with E-state index in [-0.39, 0.29) is 16.9 Å². The zero-order valence-corrected chi connectivity index (χ0v) is 9.30. The Balaban J connectivity index is 2.83. The molecule has 0 aliphatic carbocycles. The summed E-state index contributed by atoms with van der Waals surface area (Å²) in [7, 11) is 1.58. The average molecular weight is 241 g/mol. The van der Waals surface area contributed by atoms with Crippen LogP contribution in [0.15, 0.2) is 24.3 Å². The first-order valence-corrected chi connectivity index (χ1v) is 4.99. The van der Waals surface area contributed by atoms with Gasteiger partial charge in [0.2, 0.25) is 0 Å². The van der Waals surface area contributed by atoms with E-state index in [0.717, 1.165) is 6.07 Å². The Bertz CT molecular complexity index is 596. The minimum Gasteiger partial charge on any atom is -0.341 e. The molecule has 2 rings (SSSR count). The number of carbonyl (C=O) groups excluding carboxylic acids is 1. The monoisotopic (exact) mass is 241 g/mol. The van der Waals surface area contributed by atoms with E-state index in [9.17, 15) is 18.0 Å². The van der Waals surface area contributed by atoms with Gasteiger partial charge in [-0.2, -0.15) is 13.2 Å². The molecule has 1 heterocycles. The van der Waals surface area contributed by atoms with Gasteiger partial charge < -0.3 is 4.57 Å². The number of ketones is 1. The lowest BCUT2D eigenvalue weighted by Crippen LogP contribution is -2.05. The minimum absolute atomic E-state index is 0.0627. The van der Waals surface area contributed by atoms with Crippen molar-refractivity contribution in [3.63, 3.8) is 0 Å². The van der Waals surface area contributed by atoms with Crippen molar-refractivity contribution < 1.29 is 18.0 Å². The van der Waals surface area contributed by atoms with Crippen molar-refractivity contribution in [2.24, 2.45) is 7.05 Å². The molecule has 1 aromatic carbocycles. The second-order valence-corrected chi connectivity index (χ2v) is 3.88. The standard InChI is InChI=1S/C12H10F3NO/c1-7(17)11-6-8-9(12(13,14)15)4-3-5-10(8)16(11)2/h3-6H,1-2H3. The average Bonchev–Trinajstić information content (AvgIpc) is 2.55. The smallest absolute Gasteiger partial charge is 0.341 e. The third kappa shape index (κ3) is 1.81. The van der Waals surface area contributed by atoms with Crippen LogP contribution in [0.4, 0.5) is 13.2 Å². The number of rotatable bonds is 1. The van der Waals surface area contributed by atoms with Gasteiger partial charge in [-0.3, -0.25) is 4.79 Å². The summed E-state index contributed by atoms with van der Waals surface area (Å²) in [4.78, 5) is 11.3. The molecule has 0 saturated carbocycles. The molecule has 0 saturated heterocycles. The highest BCUT2D eigenvalue weighted by atomic mass is 19.4. The molecule has 0 amide bonds. The number of aryl methyl sites for hydroxylation is 1. The maximum atomic E-state index is 12.8. The highest BCUT2D eigenvalue weighted by Crippen LogP contribution is 2.35. The number of hydrogen-bond acceptors (Lipinski definition) is 1. The van der Waals surface area contributed by atoms with Gasteiger partial charge in [0, 0.05) is 24.9 Å². The summed E-state index contributed by atoms with van der Waals surface area (Å²) < 4.78 is 39.8. The van der Waals surface area contributed by atoms with Crippen LogP contribution in [0.3, 0.4) is 0 Å². The third-order valence-electron chi connectivity index (χ3n) is 2.75. The zero-order valence-electron chi connectivity index (χ0n) is 9.30. The van der Waals surface area contributed by atoms with Gasteiger partial charge in [-0.1, -0.05) is 6.07 Å². The van der Waals surface area contributed by atoms with Gasteiger partial charge in [-0.15, -0.1) is 0 Å². The fourth-order valence-corrected chi connectivity index (χ4v) is 1.95. The predicted octanol–water partition coefficient (Wildman–Crippen LogP) is 3.40. The fraction of sp³-hybridized carbons (Fsp3) is 0.250. The van der Waals surface area contributed by atoms with Crippen LogP contribution in [0.2, 0.25) is 0 Å². The largest absolute Gasteiger partial charge is 0.417 e. The molecule has 0 fully saturated rings. The predicted molar refractivity (Wildman–Crippen MR) is 57.9 cm³/mol. The second-order valence-electron chi connectivity index (χ2n) is 3.88. The van der Waals surface area contributed by atoms with Crippen LogP contribution >= 0.6 is 0 Å². The lowest BCUT2D eigenvalue weighted by molar-refractivity contribution is -0.136. The van der Waals surface area contributed by atoms with Crippen LogP contribution in [-0.2, 0) is 13.2 Å². The molecular weight excluding hydrogens is 231 g/mol. The number of Topliss-reactive ketones (excluding diaryl/α,β-unsaturated/α-hetero) is 1. The first-order valence-electron chi connectivity index (χ1n) is 4.99. The second kappa shape index (κ2) is 3.61. The Kier molecular flexibility index (Phi) is 2.49. The number of carbonyl (C=O) groups is 1. The minimum atomic E-state index is -4.41. The van der Waals surface area contributed by atoms with E-state index < -0.39 is 11.7 Å². The summed E-state index contributed by atoms with van der Waals surface area (Å²) in [6.07, 6.45) is -4.41. The fourth-order valence-electron chi connectivity index (χ4n) is 1.95. The normalized spacial score (nSPS) is 12.1. The summed E-state index contributed by atoms with van der Waals surface area (Å²) in [5.41, 5.74) is -0.0279. The van der Waals surface area contributed by atoms with Gasteiger partial charge in [0.05, 0.1) is 11.3 Å². The molecule has 0 unspecified atom stereocenters. The maximum absolute atomic E-state index is 12.8. The van der Waals surface area contributed by atoms with E-state index >= 15 is 0 Å². The lowest BCUT2D eigenvalue weighted by Gasteiger charge is -2.07. The summed E-state index contributed by atoms with van der Waals surface area (Å²) in [6, 6.07) is 5.22. The molecule has 0 N–H and O–H groups in total. The Morgan fingerprint density at radius 2 is 1.94 bits per heavy atom. The molecule has 0 spiro atoms. The molecule has 2 aromatic rings. The number of fused-ring (bicyclic) bond motifs is 1. The summed E-state index contributed by atoms with van der Waals surface area (Å²) >= 11 is 0. The van der Waals surface area contributed by atoms with Crippen molar-refractivity contribution in [1.82, 2.24) is 4.57 Å². The highest BCUT2D eigenvalue weighted by Gasteiger charge is 2.33. The third-order valence-corrected chi connectivity index (χ3v) is 2.75. The van der Waals surface area contributed by atoms with E-state index in [1.807, 2.05) is 0 Å². The molecule has 17 heavy (non-hydrogen) atoms. The molecule has 2 nitrogen and oxygen atoms in total. The summed E-state index contributed by atoms with van der Waals surface area (Å²) in [6.45, 7) is 1.33. The molecule has 0 aliphatic rings. The molecule has 1 aromatic heterocycles. The first-order chi connectivity index (χ1) is 7.82. The van der Waals surface area contributed by atoms with Gasteiger partial charge in [0.25, 0.3) is 0 Å². The van der Waals surface area contributed by atoms with E-state index in [2.05, 4.69) is 0 Å². The van der Waals surface area contributed by atoms with E-state index in [4.69, 9.17) is 0 Å². The van der Waals surface area contributed by atoms with Crippen LogP contribution in [0.25, 0.3) is 10.9 Å². The van der Waals surface area contributed by atoms with Crippen LogP contribution < -0.4 is 0 Å². The van der Waals surface area contributed by atoms with Crippen molar-refractivity contribution in [2.75, 3.05) is 0 Å². The van der Waals surface area contributed by atoms with E-state index in [1.165, 1.54) is 23.6 Å². The highest BCUT2D eigenvalue weighted by molar-refractivity contribution is 5.99. The molecule has 0 bridgehead atoms. The van der Waals surface area contributed by atoms with Crippen molar-refractivity contribution in [3.05, 3.63) is 35.5 Å². The van der Waals surface area contributed by atoms with Gasteiger partial charge in [-0.25, -0.2) is 0 Å². The molecule has 0 radical (unpaired) electrons.